The van der Waals surface area contributed by atoms with Gasteiger partial charge in [0.15, 0.2) is 11.7 Å². The highest BCUT2D eigenvalue weighted by Gasteiger charge is 2.21. The standard InChI is InChI=1S/C20H21Cl2N3O2S/c1-13-10-15(22)11-17-19(13)23-20(28-17)25(9-8-24(2)3)18(26)12-27-16-6-4-14(21)5-7-16/h4-7,10-11H,8-9,12H2,1-3H3. The first kappa shape index (κ1) is 20.9. The topological polar surface area (TPSA) is 45.7 Å². The fourth-order valence-corrected chi connectivity index (χ4v) is 4.23. The zero-order valence-corrected chi connectivity index (χ0v) is 18.2. The fourth-order valence-electron chi connectivity index (χ4n) is 2.64. The van der Waals surface area contributed by atoms with Crippen LogP contribution in [0.5, 0.6) is 5.75 Å². The summed E-state index contributed by atoms with van der Waals surface area (Å²) >= 11 is 13.5. The van der Waals surface area contributed by atoms with Crippen LogP contribution in [0.25, 0.3) is 10.2 Å². The van der Waals surface area contributed by atoms with Gasteiger partial charge in [0.2, 0.25) is 0 Å². The van der Waals surface area contributed by atoms with Gasteiger partial charge in [-0.2, -0.15) is 0 Å². The maximum Gasteiger partial charge on any atom is 0.266 e. The van der Waals surface area contributed by atoms with Crippen molar-refractivity contribution in [3.8, 4) is 5.75 Å². The van der Waals surface area contributed by atoms with Gasteiger partial charge in [-0.1, -0.05) is 34.5 Å². The number of aryl methyl sites for hydroxylation is 1. The second kappa shape index (κ2) is 9.09. The second-order valence-corrected chi connectivity index (χ2v) is 8.54. The number of rotatable bonds is 7. The smallest absolute Gasteiger partial charge is 0.266 e. The van der Waals surface area contributed by atoms with Gasteiger partial charge in [0.1, 0.15) is 5.75 Å². The lowest BCUT2D eigenvalue weighted by molar-refractivity contribution is -0.120. The number of amides is 1. The first-order valence-corrected chi connectivity index (χ1v) is 10.3. The number of anilines is 1. The monoisotopic (exact) mass is 437 g/mol. The molecule has 3 rings (SSSR count). The number of aromatic nitrogens is 1. The van der Waals surface area contributed by atoms with E-state index in [0.29, 0.717) is 34.0 Å². The number of nitrogens with zero attached hydrogens (tertiary/aromatic N) is 3. The highest BCUT2D eigenvalue weighted by molar-refractivity contribution is 7.22. The minimum atomic E-state index is -0.153. The van der Waals surface area contributed by atoms with Gasteiger partial charge in [-0.15, -0.1) is 0 Å². The van der Waals surface area contributed by atoms with Crippen LogP contribution in [0.1, 0.15) is 5.56 Å². The SMILES string of the molecule is Cc1cc(Cl)cc2sc(N(CCN(C)C)C(=O)COc3ccc(Cl)cc3)nc12. The molecule has 0 atom stereocenters. The van der Waals surface area contributed by atoms with E-state index in [1.165, 1.54) is 11.3 Å². The van der Waals surface area contributed by atoms with Crippen molar-refractivity contribution in [3.63, 3.8) is 0 Å². The van der Waals surface area contributed by atoms with Crippen LogP contribution in [-0.4, -0.2) is 49.6 Å². The van der Waals surface area contributed by atoms with Crippen LogP contribution in [0.2, 0.25) is 10.0 Å². The molecular weight excluding hydrogens is 417 g/mol. The summed E-state index contributed by atoms with van der Waals surface area (Å²) < 4.78 is 6.60. The summed E-state index contributed by atoms with van der Waals surface area (Å²) in [5.41, 5.74) is 1.85. The van der Waals surface area contributed by atoms with E-state index in [2.05, 4.69) is 0 Å². The van der Waals surface area contributed by atoms with E-state index in [1.54, 1.807) is 29.2 Å². The highest BCUT2D eigenvalue weighted by Crippen LogP contribution is 2.33. The van der Waals surface area contributed by atoms with E-state index in [-0.39, 0.29) is 12.5 Å². The highest BCUT2D eigenvalue weighted by atomic mass is 35.5. The number of hydrogen-bond acceptors (Lipinski definition) is 5. The van der Waals surface area contributed by atoms with Crippen LogP contribution in [-0.2, 0) is 4.79 Å². The molecule has 0 fully saturated rings. The molecule has 1 amide bonds. The van der Waals surface area contributed by atoms with Crippen molar-refractivity contribution in [2.24, 2.45) is 0 Å². The first-order valence-electron chi connectivity index (χ1n) is 8.73. The molecule has 148 valence electrons. The van der Waals surface area contributed by atoms with E-state index < -0.39 is 0 Å². The third-order valence-electron chi connectivity index (χ3n) is 4.12. The summed E-state index contributed by atoms with van der Waals surface area (Å²) in [5, 5.41) is 1.93. The third-order valence-corrected chi connectivity index (χ3v) is 5.61. The van der Waals surface area contributed by atoms with Gasteiger partial charge in [0, 0.05) is 23.1 Å². The van der Waals surface area contributed by atoms with Crippen molar-refractivity contribution in [1.82, 2.24) is 9.88 Å². The first-order chi connectivity index (χ1) is 13.3. The fraction of sp³-hybridized carbons (Fsp3) is 0.300. The predicted molar refractivity (Wildman–Crippen MR) is 117 cm³/mol. The Morgan fingerprint density at radius 3 is 2.50 bits per heavy atom. The average molecular weight is 438 g/mol. The number of likely N-dealkylation sites (N-methyl/N-ethyl adjacent to an activating group) is 1. The number of ether oxygens (including phenoxy) is 1. The van der Waals surface area contributed by atoms with Gasteiger partial charge < -0.3 is 9.64 Å². The van der Waals surface area contributed by atoms with Crippen LogP contribution >= 0.6 is 34.5 Å². The molecule has 0 aliphatic heterocycles. The van der Waals surface area contributed by atoms with Gasteiger partial charge in [-0.05, 0) is 63.0 Å². The number of hydrogen-bond donors (Lipinski definition) is 0. The van der Waals surface area contributed by atoms with Crippen LogP contribution in [0, 0.1) is 6.92 Å². The lowest BCUT2D eigenvalue weighted by Crippen LogP contribution is -2.39. The molecule has 28 heavy (non-hydrogen) atoms. The number of thiazole rings is 1. The zero-order chi connectivity index (χ0) is 20.3. The van der Waals surface area contributed by atoms with E-state index in [0.717, 1.165) is 15.8 Å². The number of fused-ring (bicyclic) bond motifs is 1. The van der Waals surface area contributed by atoms with Crippen molar-refractivity contribution >= 4 is 55.8 Å². The molecule has 0 unspecified atom stereocenters. The second-order valence-electron chi connectivity index (χ2n) is 6.66. The molecule has 1 aromatic heterocycles. The van der Waals surface area contributed by atoms with Gasteiger partial charge in [-0.3, -0.25) is 9.69 Å². The summed E-state index contributed by atoms with van der Waals surface area (Å²) in [5.74, 6) is 0.442. The van der Waals surface area contributed by atoms with Crippen molar-refractivity contribution in [1.29, 1.82) is 0 Å². The molecule has 8 heteroatoms. The lowest BCUT2D eigenvalue weighted by Gasteiger charge is -2.22. The molecule has 0 aliphatic rings. The minimum absolute atomic E-state index is 0.0786. The Morgan fingerprint density at radius 2 is 1.82 bits per heavy atom. The normalized spacial score (nSPS) is 11.2. The molecule has 0 aliphatic carbocycles. The van der Waals surface area contributed by atoms with Gasteiger partial charge in [0.25, 0.3) is 5.91 Å². The largest absolute Gasteiger partial charge is 0.484 e. The van der Waals surface area contributed by atoms with Crippen molar-refractivity contribution < 1.29 is 9.53 Å². The Balaban J connectivity index is 1.82. The maximum atomic E-state index is 12.9. The van der Waals surface area contributed by atoms with E-state index in [9.17, 15) is 4.79 Å². The molecule has 2 aromatic carbocycles. The molecule has 0 saturated carbocycles. The predicted octanol–water partition coefficient (Wildman–Crippen LogP) is 4.89. The molecule has 0 saturated heterocycles. The Labute approximate surface area is 178 Å². The summed E-state index contributed by atoms with van der Waals surface area (Å²) in [6.07, 6.45) is 0. The molecule has 3 aromatic rings. The quantitative estimate of drug-likeness (QED) is 0.527. The minimum Gasteiger partial charge on any atom is -0.484 e. The van der Waals surface area contributed by atoms with Gasteiger partial charge in [0.05, 0.1) is 10.2 Å². The molecule has 1 heterocycles. The van der Waals surface area contributed by atoms with Gasteiger partial charge in [-0.25, -0.2) is 4.98 Å². The Morgan fingerprint density at radius 1 is 1.11 bits per heavy atom. The van der Waals surface area contributed by atoms with Crippen LogP contribution in [0.4, 0.5) is 5.13 Å². The average Bonchev–Trinajstić information content (AvgIpc) is 3.05. The van der Waals surface area contributed by atoms with Crippen molar-refractivity contribution in [2.45, 2.75) is 6.92 Å². The Hall–Kier alpha value is -1.86. The zero-order valence-electron chi connectivity index (χ0n) is 15.9. The Kier molecular flexibility index (Phi) is 6.78. The third kappa shape index (κ3) is 5.14. The summed E-state index contributed by atoms with van der Waals surface area (Å²) in [6.45, 7) is 3.11. The number of halogens is 2. The van der Waals surface area contributed by atoms with Crippen LogP contribution < -0.4 is 9.64 Å². The van der Waals surface area contributed by atoms with Crippen LogP contribution in [0.3, 0.4) is 0 Å². The van der Waals surface area contributed by atoms with Gasteiger partial charge >= 0.3 is 0 Å². The molecular formula is C20H21Cl2N3O2S. The molecule has 0 spiro atoms. The molecule has 0 bridgehead atoms. The maximum absolute atomic E-state index is 12.9. The molecule has 0 radical (unpaired) electrons. The number of carbonyl (C=O) groups is 1. The Bertz CT molecular complexity index is 973. The number of carbonyl (C=O) groups excluding carboxylic acids is 1. The van der Waals surface area contributed by atoms with Crippen molar-refractivity contribution in [3.05, 3.63) is 52.0 Å². The lowest BCUT2D eigenvalue weighted by atomic mass is 10.2. The van der Waals surface area contributed by atoms with Crippen molar-refractivity contribution in [2.75, 3.05) is 38.7 Å². The summed E-state index contributed by atoms with van der Waals surface area (Å²) in [7, 11) is 3.93. The molecule has 5 nitrogen and oxygen atoms in total. The summed E-state index contributed by atoms with van der Waals surface area (Å²) in [4.78, 5) is 21.3. The van der Waals surface area contributed by atoms with Crippen LogP contribution in [0.15, 0.2) is 36.4 Å². The number of benzene rings is 2. The summed E-state index contributed by atoms with van der Waals surface area (Å²) in [6, 6.07) is 10.7. The molecule has 0 N–H and O–H groups in total. The van der Waals surface area contributed by atoms with E-state index in [1.807, 2.05) is 38.1 Å². The van der Waals surface area contributed by atoms with E-state index >= 15 is 0 Å². The van der Waals surface area contributed by atoms with E-state index in [4.69, 9.17) is 32.9 Å².